The monoisotopic (exact) mass is 523 g/mol. The molecule has 38 heavy (non-hydrogen) atoms. The van der Waals surface area contributed by atoms with E-state index in [-0.39, 0.29) is 12.6 Å². The van der Waals surface area contributed by atoms with E-state index in [0.29, 0.717) is 18.4 Å². The molecule has 1 fully saturated rings. The van der Waals surface area contributed by atoms with Crippen LogP contribution in [-0.2, 0) is 14.3 Å². The van der Waals surface area contributed by atoms with Gasteiger partial charge in [-0.1, -0.05) is 82.1 Å². The Morgan fingerprint density at radius 2 is 1.66 bits per heavy atom. The van der Waals surface area contributed by atoms with E-state index < -0.39 is 47.5 Å². The van der Waals surface area contributed by atoms with Crippen molar-refractivity contribution >= 4 is 23.8 Å². The minimum atomic E-state index is -1.52. The lowest BCUT2D eigenvalue weighted by molar-refractivity contribution is -0.135. The first-order chi connectivity index (χ1) is 18.0. The van der Waals surface area contributed by atoms with Crippen molar-refractivity contribution in [3.8, 4) is 0 Å². The standard InChI is InChI=1S/C29H37N3O6/c1-5-6-17-22(23(33)25(34)30-19(2)20-13-9-7-10-14-20)31-28(37)38-24-27(36)32(18-29(24,3)4)26(35)21-15-11-8-12-16-21/h7-16,19,22-24,33H,5-6,17-18H2,1-4H3,(H,30,34)(H,31,37)/t19-,22+,23?,24-/m1/s1. The average molecular weight is 524 g/mol. The Morgan fingerprint density at radius 1 is 1.05 bits per heavy atom. The molecule has 2 aromatic carbocycles. The molecule has 3 N–H and O–H groups in total. The minimum absolute atomic E-state index is 0.0825. The topological polar surface area (TPSA) is 125 Å². The number of likely N-dealkylation sites (tertiary alicyclic amines) is 1. The van der Waals surface area contributed by atoms with Crippen molar-refractivity contribution in [1.29, 1.82) is 0 Å². The third kappa shape index (κ3) is 6.98. The highest BCUT2D eigenvalue weighted by Gasteiger charge is 2.51. The number of ether oxygens (including phenoxy) is 1. The van der Waals surface area contributed by atoms with Crippen molar-refractivity contribution in [2.45, 2.75) is 71.2 Å². The molecule has 2 aromatic rings. The molecule has 3 rings (SSSR count). The first-order valence-corrected chi connectivity index (χ1v) is 13.0. The molecule has 0 aliphatic carbocycles. The van der Waals surface area contributed by atoms with Gasteiger partial charge in [-0.25, -0.2) is 4.79 Å². The molecule has 1 unspecified atom stereocenters. The summed E-state index contributed by atoms with van der Waals surface area (Å²) in [6.45, 7) is 7.32. The van der Waals surface area contributed by atoms with Gasteiger partial charge in [-0.05, 0) is 31.0 Å². The third-order valence-corrected chi connectivity index (χ3v) is 6.74. The molecule has 1 saturated heterocycles. The fourth-order valence-corrected chi connectivity index (χ4v) is 4.49. The number of carbonyl (C=O) groups is 4. The number of nitrogens with zero attached hydrogens (tertiary/aromatic N) is 1. The molecule has 0 aromatic heterocycles. The van der Waals surface area contributed by atoms with Crippen molar-refractivity contribution in [2.24, 2.45) is 5.41 Å². The lowest BCUT2D eigenvalue weighted by atomic mass is 9.90. The summed E-state index contributed by atoms with van der Waals surface area (Å²) < 4.78 is 5.51. The number of alkyl carbamates (subject to hydrolysis) is 1. The molecule has 0 bridgehead atoms. The van der Waals surface area contributed by atoms with Crippen LogP contribution in [0.2, 0.25) is 0 Å². The van der Waals surface area contributed by atoms with Gasteiger partial charge in [0.05, 0.1) is 12.1 Å². The number of nitrogens with one attached hydrogen (secondary N) is 2. The van der Waals surface area contributed by atoms with Crippen LogP contribution in [0.4, 0.5) is 4.79 Å². The van der Waals surface area contributed by atoms with Gasteiger partial charge in [0, 0.05) is 17.5 Å². The predicted molar refractivity (Wildman–Crippen MR) is 142 cm³/mol. The maximum atomic E-state index is 13.1. The van der Waals surface area contributed by atoms with E-state index in [1.54, 1.807) is 51.1 Å². The smallest absolute Gasteiger partial charge is 0.408 e. The number of unbranched alkanes of at least 4 members (excludes halogenated alkanes) is 1. The summed E-state index contributed by atoms with van der Waals surface area (Å²) in [5, 5.41) is 16.2. The van der Waals surface area contributed by atoms with Crippen LogP contribution in [0, 0.1) is 5.41 Å². The first-order valence-electron chi connectivity index (χ1n) is 13.0. The van der Waals surface area contributed by atoms with Gasteiger partial charge in [-0.15, -0.1) is 0 Å². The quantitative estimate of drug-likeness (QED) is 0.409. The van der Waals surface area contributed by atoms with Crippen LogP contribution in [0.1, 0.15) is 68.9 Å². The minimum Gasteiger partial charge on any atom is -0.435 e. The van der Waals surface area contributed by atoms with Crippen LogP contribution in [0.25, 0.3) is 0 Å². The number of hydrogen-bond donors (Lipinski definition) is 3. The molecule has 0 radical (unpaired) electrons. The Bertz CT molecular complexity index is 1120. The Hall–Kier alpha value is -3.72. The van der Waals surface area contributed by atoms with Gasteiger partial charge >= 0.3 is 6.09 Å². The largest absolute Gasteiger partial charge is 0.435 e. The number of benzene rings is 2. The van der Waals surface area contributed by atoms with Crippen LogP contribution in [0.15, 0.2) is 60.7 Å². The van der Waals surface area contributed by atoms with Gasteiger partial charge in [-0.2, -0.15) is 0 Å². The maximum Gasteiger partial charge on any atom is 0.408 e. The van der Waals surface area contributed by atoms with Crippen molar-refractivity contribution in [3.63, 3.8) is 0 Å². The summed E-state index contributed by atoms with van der Waals surface area (Å²) in [5.74, 6) is -1.70. The van der Waals surface area contributed by atoms with E-state index in [0.717, 1.165) is 16.9 Å². The molecule has 9 nitrogen and oxygen atoms in total. The zero-order valence-electron chi connectivity index (χ0n) is 22.3. The Labute approximate surface area is 223 Å². The van der Waals surface area contributed by atoms with Crippen molar-refractivity contribution in [2.75, 3.05) is 6.54 Å². The van der Waals surface area contributed by atoms with Gasteiger partial charge in [-0.3, -0.25) is 19.3 Å². The number of amides is 4. The molecule has 4 atom stereocenters. The fourth-order valence-electron chi connectivity index (χ4n) is 4.49. The second kappa shape index (κ2) is 12.7. The lowest BCUT2D eigenvalue weighted by Gasteiger charge is -2.27. The van der Waals surface area contributed by atoms with E-state index in [9.17, 15) is 24.3 Å². The second-order valence-corrected chi connectivity index (χ2v) is 10.3. The number of aliphatic hydroxyl groups is 1. The van der Waals surface area contributed by atoms with Gasteiger partial charge < -0.3 is 20.5 Å². The van der Waals surface area contributed by atoms with Crippen LogP contribution in [0.5, 0.6) is 0 Å². The van der Waals surface area contributed by atoms with Gasteiger partial charge in [0.25, 0.3) is 17.7 Å². The molecule has 4 amide bonds. The lowest BCUT2D eigenvalue weighted by Crippen LogP contribution is -2.52. The Morgan fingerprint density at radius 3 is 2.26 bits per heavy atom. The highest BCUT2D eigenvalue weighted by Crippen LogP contribution is 2.34. The second-order valence-electron chi connectivity index (χ2n) is 10.3. The summed E-state index contributed by atoms with van der Waals surface area (Å²) in [4.78, 5) is 52.8. The molecule has 0 saturated carbocycles. The molecule has 1 aliphatic heterocycles. The maximum absolute atomic E-state index is 13.1. The molecule has 9 heteroatoms. The zero-order valence-corrected chi connectivity index (χ0v) is 22.3. The fraction of sp³-hybridized carbons (Fsp3) is 0.448. The summed E-state index contributed by atoms with van der Waals surface area (Å²) in [6.07, 6.45) is -1.89. The third-order valence-electron chi connectivity index (χ3n) is 6.74. The van der Waals surface area contributed by atoms with Crippen LogP contribution in [0.3, 0.4) is 0 Å². The van der Waals surface area contributed by atoms with Crippen LogP contribution < -0.4 is 10.6 Å². The first kappa shape index (κ1) is 28.8. The SMILES string of the molecule is CCCC[C@H](NC(=O)O[C@@H]1C(=O)N(C(=O)c2ccccc2)CC1(C)C)C(O)C(=O)N[C@H](C)c1ccccc1. The zero-order chi connectivity index (χ0) is 27.9. The van der Waals surface area contributed by atoms with Crippen LogP contribution >= 0.6 is 0 Å². The summed E-state index contributed by atoms with van der Waals surface area (Å²) in [5.41, 5.74) is 0.404. The highest BCUT2D eigenvalue weighted by molar-refractivity contribution is 6.07. The highest BCUT2D eigenvalue weighted by atomic mass is 16.6. The number of rotatable bonds is 10. The van der Waals surface area contributed by atoms with E-state index in [4.69, 9.17) is 4.74 Å². The molecular weight excluding hydrogens is 486 g/mol. The van der Waals surface area contributed by atoms with E-state index in [2.05, 4.69) is 10.6 Å². The van der Waals surface area contributed by atoms with Crippen molar-refractivity contribution in [1.82, 2.24) is 15.5 Å². The average Bonchev–Trinajstić information content (AvgIpc) is 3.14. The number of aliphatic hydroxyl groups excluding tert-OH is 1. The molecule has 0 spiro atoms. The molecule has 204 valence electrons. The molecule has 1 heterocycles. The van der Waals surface area contributed by atoms with Gasteiger partial charge in [0.1, 0.15) is 0 Å². The summed E-state index contributed by atoms with van der Waals surface area (Å²) in [7, 11) is 0. The number of hydrogen-bond acceptors (Lipinski definition) is 6. The molecule has 1 aliphatic rings. The molecular formula is C29H37N3O6. The Balaban J connectivity index is 1.66. The van der Waals surface area contributed by atoms with E-state index in [1.165, 1.54) is 0 Å². The normalized spacial score (nSPS) is 18.8. The van der Waals surface area contributed by atoms with Crippen molar-refractivity contribution < 1.29 is 29.0 Å². The van der Waals surface area contributed by atoms with Gasteiger partial charge in [0.15, 0.2) is 12.2 Å². The van der Waals surface area contributed by atoms with E-state index >= 15 is 0 Å². The van der Waals surface area contributed by atoms with Crippen molar-refractivity contribution in [3.05, 3.63) is 71.8 Å². The Kier molecular flexibility index (Phi) is 9.63. The number of carbonyl (C=O) groups excluding carboxylic acids is 4. The predicted octanol–water partition coefficient (Wildman–Crippen LogP) is 3.59. The summed E-state index contributed by atoms with van der Waals surface area (Å²) >= 11 is 0. The number of imide groups is 1. The van der Waals surface area contributed by atoms with E-state index in [1.807, 2.05) is 37.3 Å². The summed E-state index contributed by atoms with van der Waals surface area (Å²) in [6, 6.07) is 16.5. The van der Waals surface area contributed by atoms with Crippen LogP contribution in [-0.4, -0.2) is 58.6 Å². The van der Waals surface area contributed by atoms with Gasteiger partial charge in [0.2, 0.25) is 0 Å².